The molecule has 0 radical (unpaired) electrons. The summed E-state index contributed by atoms with van der Waals surface area (Å²) in [5, 5.41) is 0. The Labute approximate surface area is 156 Å². The zero-order chi connectivity index (χ0) is 18.6. The molecule has 6 nitrogen and oxygen atoms in total. The number of carbonyl (C=O) groups excluding carboxylic acids is 1. The van der Waals surface area contributed by atoms with Gasteiger partial charge in [0.15, 0.2) is 0 Å². The summed E-state index contributed by atoms with van der Waals surface area (Å²) in [6, 6.07) is 5.75. The number of benzene rings is 1. The van der Waals surface area contributed by atoms with Crippen LogP contribution in [-0.4, -0.2) is 33.9 Å². The fraction of sp³-hybridized carbons (Fsp3) is 0.389. The van der Waals surface area contributed by atoms with Gasteiger partial charge in [-0.3, -0.25) is 4.79 Å². The molecule has 1 heterocycles. The SMILES string of the molecule is CCN(CC)C(=O)c1c(C)nc(N)nc1COc1ccc(Br)cc1C. The minimum atomic E-state index is -0.103. The lowest BCUT2D eigenvalue weighted by Gasteiger charge is -2.21. The summed E-state index contributed by atoms with van der Waals surface area (Å²) in [5.41, 5.74) is 8.30. The van der Waals surface area contributed by atoms with Crippen LogP contribution in [0.4, 0.5) is 5.95 Å². The van der Waals surface area contributed by atoms with Gasteiger partial charge in [0.1, 0.15) is 12.4 Å². The van der Waals surface area contributed by atoms with Gasteiger partial charge in [0.2, 0.25) is 5.95 Å². The molecule has 2 aromatic rings. The molecule has 1 aromatic carbocycles. The van der Waals surface area contributed by atoms with Gasteiger partial charge >= 0.3 is 0 Å². The summed E-state index contributed by atoms with van der Waals surface area (Å²) < 4.78 is 6.87. The molecule has 7 heteroatoms. The molecule has 0 aliphatic rings. The number of aromatic nitrogens is 2. The minimum absolute atomic E-state index is 0.103. The van der Waals surface area contributed by atoms with Crippen LogP contribution in [0, 0.1) is 13.8 Å². The molecule has 1 aromatic heterocycles. The largest absolute Gasteiger partial charge is 0.487 e. The first-order chi connectivity index (χ1) is 11.9. The third-order valence-corrected chi connectivity index (χ3v) is 4.44. The lowest BCUT2D eigenvalue weighted by molar-refractivity contribution is 0.0768. The second-order valence-electron chi connectivity index (χ2n) is 5.66. The first kappa shape index (κ1) is 19.2. The fourth-order valence-corrected chi connectivity index (χ4v) is 3.10. The molecule has 0 saturated heterocycles. The van der Waals surface area contributed by atoms with Crippen LogP contribution in [-0.2, 0) is 6.61 Å². The van der Waals surface area contributed by atoms with Gasteiger partial charge in [-0.15, -0.1) is 0 Å². The number of rotatable bonds is 6. The molecule has 134 valence electrons. The summed E-state index contributed by atoms with van der Waals surface area (Å²) in [4.78, 5) is 23.0. The van der Waals surface area contributed by atoms with Crippen molar-refractivity contribution in [3.05, 3.63) is 45.2 Å². The molecule has 25 heavy (non-hydrogen) atoms. The van der Waals surface area contributed by atoms with E-state index in [0.29, 0.717) is 30.0 Å². The number of nitrogens with zero attached hydrogens (tertiary/aromatic N) is 3. The second-order valence-corrected chi connectivity index (χ2v) is 6.58. The Bertz CT molecular complexity index is 776. The van der Waals surface area contributed by atoms with Gasteiger partial charge in [0, 0.05) is 17.6 Å². The van der Waals surface area contributed by atoms with Crippen molar-refractivity contribution in [3.8, 4) is 5.75 Å². The van der Waals surface area contributed by atoms with Crippen LogP contribution in [0.15, 0.2) is 22.7 Å². The lowest BCUT2D eigenvalue weighted by Crippen LogP contribution is -2.32. The fourth-order valence-electron chi connectivity index (χ4n) is 2.63. The summed E-state index contributed by atoms with van der Waals surface area (Å²) in [7, 11) is 0. The predicted octanol–water partition coefficient (Wildman–Crippen LogP) is 3.50. The number of hydrogen-bond donors (Lipinski definition) is 1. The summed E-state index contributed by atoms with van der Waals surface area (Å²) in [6.45, 7) is 8.99. The van der Waals surface area contributed by atoms with E-state index in [2.05, 4.69) is 25.9 Å². The Morgan fingerprint density at radius 3 is 2.52 bits per heavy atom. The molecule has 0 aliphatic heterocycles. The third-order valence-electron chi connectivity index (χ3n) is 3.95. The van der Waals surface area contributed by atoms with E-state index in [0.717, 1.165) is 15.8 Å². The van der Waals surface area contributed by atoms with Gasteiger partial charge in [0.05, 0.1) is 17.0 Å². The standard InChI is InChI=1S/C18H23BrN4O2/c1-5-23(6-2)17(24)16-12(4)21-18(20)22-14(16)10-25-15-8-7-13(19)9-11(15)3/h7-9H,5-6,10H2,1-4H3,(H2,20,21,22). The number of anilines is 1. The predicted molar refractivity (Wildman–Crippen MR) is 102 cm³/mol. The molecule has 0 spiro atoms. The number of carbonyl (C=O) groups is 1. The third kappa shape index (κ3) is 4.48. The van der Waals surface area contributed by atoms with Crippen molar-refractivity contribution in [2.75, 3.05) is 18.8 Å². The van der Waals surface area contributed by atoms with Crippen LogP contribution in [0.1, 0.15) is 41.2 Å². The Balaban J connectivity index is 2.34. The van der Waals surface area contributed by atoms with Crippen molar-refractivity contribution in [1.29, 1.82) is 0 Å². The van der Waals surface area contributed by atoms with Crippen molar-refractivity contribution >= 4 is 27.8 Å². The first-order valence-electron chi connectivity index (χ1n) is 8.18. The van der Waals surface area contributed by atoms with E-state index in [1.165, 1.54) is 0 Å². The second kappa shape index (κ2) is 8.29. The minimum Gasteiger partial charge on any atom is -0.487 e. The maximum Gasteiger partial charge on any atom is 0.257 e. The normalized spacial score (nSPS) is 10.6. The van der Waals surface area contributed by atoms with Crippen LogP contribution < -0.4 is 10.5 Å². The van der Waals surface area contributed by atoms with E-state index in [9.17, 15) is 4.79 Å². The Kier molecular flexibility index (Phi) is 6.36. The number of hydrogen-bond acceptors (Lipinski definition) is 5. The van der Waals surface area contributed by atoms with Crippen LogP contribution in [0.5, 0.6) is 5.75 Å². The van der Waals surface area contributed by atoms with Crippen LogP contribution >= 0.6 is 15.9 Å². The maximum atomic E-state index is 12.8. The van der Waals surface area contributed by atoms with E-state index in [1.807, 2.05) is 39.0 Å². The zero-order valence-electron chi connectivity index (χ0n) is 15.0. The van der Waals surface area contributed by atoms with Gasteiger partial charge in [0.25, 0.3) is 5.91 Å². The highest BCUT2D eigenvalue weighted by atomic mass is 79.9. The number of nitrogen functional groups attached to an aromatic ring is 1. The van der Waals surface area contributed by atoms with Crippen molar-refractivity contribution < 1.29 is 9.53 Å². The number of ether oxygens (including phenoxy) is 1. The molecule has 2 N–H and O–H groups in total. The van der Waals surface area contributed by atoms with E-state index >= 15 is 0 Å². The quantitative estimate of drug-likeness (QED) is 0.793. The number of aryl methyl sites for hydroxylation is 2. The van der Waals surface area contributed by atoms with E-state index in [1.54, 1.807) is 11.8 Å². The molecule has 0 saturated carbocycles. The van der Waals surface area contributed by atoms with Gasteiger partial charge in [-0.25, -0.2) is 9.97 Å². The Morgan fingerprint density at radius 1 is 1.24 bits per heavy atom. The van der Waals surface area contributed by atoms with Crippen molar-refractivity contribution in [2.45, 2.75) is 34.3 Å². The smallest absolute Gasteiger partial charge is 0.257 e. The summed E-state index contributed by atoms with van der Waals surface area (Å²) >= 11 is 3.43. The van der Waals surface area contributed by atoms with Crippen molar-refractivity contribution in [1.82, 2.24) is 14.9 Å². The van der Waals surface area contributed by atoms with Gasteiger partial charge in [-0.05, 0) is 51.5 Å². The summed E-state index contributed by atoms with van der Waals surface area (Å²) in [5.74, 6) is 0.771. The van der Waals surface area contributed by atoms with Crippen molar-refractivity contribution in [3.63, 3.8) is 0 Å². The van der Waals surface area contributed by atoms with Gasteiger partial charge in [-0.2, -0.15) is 0 Å². The molecule has 1 amide bonds. The van der Waals surface area contributed by atoms with Crippen LogP contribution in [0.3, 0.4) is 0 Å². The average molecular weight is 407 g/mol. The highest BCUT2D eigenvalue weighted by molar-refractivity contribution is 9.10. The molecule has 0 unspecified atom stereocenters. The highest BCUT2D eigenvalue weighted by Crippen LogP contribution is 2.24. The van der Waals surface area contributed by atoms with E-state index in [-0.39, 0.29) is 18.5 Å². The Hall–Kier alpha value is -2.15. The topological polar surface area (TPSA) is 81.3 Å². The number of amides is 1. The monoisotopic (exact) mass is 406 g/mol. The van der Waals surface area contributed by atoms with Crippen LogP contribution in [0.25, 0.3) is 0 Å². The van der Waals surface area contributed by atoms with Gasteiger partial charge < -0.3 is 15.4 Å². The molecule has 0 aliphatic carbocycles. The molecular formula is C18H23BrN4O2. The summed E-state index contributed by atoms with van der Waals surface area (Å²) in [6.07, 6.45) is 0. The maximum absolute atomic E-state index is 12.8. The first-order valence-corrected chi connectivity index (χ1v) is 8.97. The average Bonchev–Trinajstić information content (AvgIpc) is 2.54. The van der Waals surface area contributed by atoms with E-state index in [4.69, 9.17) is 10.5 Å². The molecule has 0 atom stereocenters. The molecule has 2 rings (SSSR count). The molecular weight excluding hydrogens is 384 g/mol. The molecule has 0 fully saturated rings. The number of halogens is 1. The lowest BCUT2D eigenvalue weighted by atomic mass is 10.1. The molecule has 0 bridgehead atoms. The van der Waals surface area contributed by atoms with Crippen molar-refractivity contribution in [2.24, 2.45) is 0 Å². The van der Waals surface area contributed by atoms with Crippen LogP contribution in [0.2, 0.25) is 0 Å². The zero-order valence-corrected chi connectivity index (χ0v) is 16.6. The van der Waals surface area contributed by atoms with Gasteiger partial charge in [-0.1, -0.05) is 15.9 Å². The highest BCUT2D eigenvalue weighted by Gasteiger charge is 2.22. The Morgan fingerprint density at radius 2 is 1.92 bits per heavy atom. The number of nitrogens with two attached hydrogens (primary N) is 1. The van der Waals surface area contributed by atoms with E-state index < -0.39 is 0 Å².